The van der Waals surface area contributed by atoms with Crippen molar-refractivity contribution < 1.29 is 9.18 Å². The highest BCUT2D eigenvalue weighted by molar-refractivity contribution is 5.95. The summed E-state index contributed by atoms with van der Waals surface area (Å²) in [4.78, 5) is 13.2. The van der Waals surface area contributed by atoms with Crippen LogP contribution in [0.2, 0.25) is 0 Å². The lowest BCUT2D eigenvalue weighted by Crippen LogP contribution is -2.57. The van der Waals surface area contributed by atoms with Crippen LogP contribution in [0.25, 0.3) is 0 Å². The van der Waals surface area contributed by atoms with Crippen LogP contribution in [0.15, 0.2) is 24.3 Å². The van der Waals surface area contributed by atoms with Crippen LogP contribution in [0.4, 0.5) is 4.39 Å². The second-order valence-electron chi connectivity index (χ2n) is 3.45. The Kier molecular flexibility index (Phi) is 2.21. The summed E-state index contributed by atoms with van der Waals surface area (Å²) in [5, 5.41) is 0. The number of nitrogens with zero attached hydrogens (tertiary/aromatic N) is 1. The second kappa shape index (κ2) is 3.38. The van der Waals surface area contributed by atoms with Crippen LogP contribution in [0, 0.1) is 5.82 Å². The molecule has 4 heteroatoms. The molecule has 0 unspecified atom stereocenters. The van der Waals surface area contributed by atoms with Crippen LogP contribution < -0.4 is 5.73 Å². The first-order chi connectivity index (χ1) is 6.68. The molecule has 2 rings (SSSR count). The first-order valence-electron chi connectivity index (χ1n) is 4.48. The average molecular weight is 194 g/mol. The van der Waals surface area contributed by atoms with Crippen LogP contribution in [0.3, 0.4) is 0 Å². The number of halogens is 1. The molecular weight excluding hydrogens is 183 g/mol. The van der Waals surface area contributed by atoms with Crippen LogP contribution in [-0.2, 0) is 0 Å². The third-order valence-electron chi connectivity index (χ3n) is 2.30. The van der Waals surface area contributed by atoms with Crippen molar-refractivity contribution in [2.75, 3.05) is 13.1 Å². The molecule has 0 bridgehead atoms. The fourth-order valence-corrected chi connectivity index (χ4v) is 1.48. The smallest absolute Gasteiger partial charge is 0.256 e. The number of nitrogens with two attached hydrogens (primary N) is 1. The molecule has 1 fully saturated rings. The van der Waals surface area contributed by atoms with Crippen molar-refractivity contribution in [1.82, 2.24) is 4.90 Å². The summed E-state index contributed by atoms with van der Waals surface area (Å²) < 4.78 is 13.2. The number of amides is 1. The fourth-order valence-electron chi connectivity index (χ4n) is 1.48. The molecule has 3 nitrogen and oxygen atoms in total. The van der Waals surface area contributed by atoms with Gasteiger partial charge in [0, 0.05) is 19.1 Å². The van der Waals surface area contributed by atoms with Crippen molar-refractivity contribution in [3.05, 3.63) is 35.6 Å². The predicted octanol–water partition coefficient (Wildman–Crippen LogP) is 0.609. The Morgan fingerprint density at radius 1 is 1.43 bits per heavy atom. The highest BCUT2D eigenvalue weighted by Gasteiger charge is 2.29. The maximum Gasteiger partial charge on any atom is 0.256 e. The monoisotopic (exact) mass is 194 g/mol. The third kappa shape index (κ3) is 1.48. The topological polar surface area (TPSA) is 46.3 Å². The predicted molar refractivity (Wildman–Crippen MR) is 50.3 cm³/mol. The highest BCUT2D eigenvalue weighted by Crippen LogP contribution is 2.14. The van der Waals surface area contributed by atoms with E-state index in [0.717, 1.165) is 0 Å². The third-order valence-corrected chi connectivity index (χ3v) is 2.30. The summed E-state index contributed by atoms with van der Waals surface area (Å²) in [5.74, 6) is -0.747. The van der Waals surface area contributed by atoms with Gasteiger partial charge in [-0.1, -0.05) is 12.1 Å². The molecule has 1 aliphatic rings. The number of benzene rings is 1. The minimum Gasteiger partial charge on any atom is -0.335 e. The molecule has 0 aliphatic carbocycles. The van der Waals surface area contributed by atoms with E-state index in [9.17, 15) is 9.18 Å². The molecular formula is C10H11FN2O. The molecule has 0 spiro atoms. The maximum atomic E-state index is 13.2. The lowest BCUT2D eigenvalue weighted by molar-refractivity contribution is 0.0603. The van der Waals surface area contributed by atoms with Crippen LogP contribution in [0.1, 0.15) is 10.4 Å². The summed E-state index contributed by atoms with van der Waals surface area (Å²) in [6.07, 6.45) is 0. The minimum atomic E-state index is -0.474. The molecule has 2 N–H and O–H groups in total. The van der Waals surface area contributed by atoms with Crippen molar-refractivity contribution >= 4 is 5.91 Å². The van der Waals surface area contributed by atoms with Gasteiger partial charge in [-0.3, -0.25) is 4.79 Å². The van der Waals surface area contributed by atoms with Crippen LogP contribution in [-0.4, -0.2) is 29.9 Å². The van der Waals surface area contributed by atoms with Gasteiger partial charge in [0.2, 0.25) is 0 Å². The number of rotatable bonds is 1. The van der Waals surface area contributed by atoms with E-state index in [1.807, 2.05) is 0 Å². The van der Waals surface area contributed by atoms with Crippen molar-refractivity contribution in [3.63, 3.8) is 0 Å². The van der Waals surface area contributed by atoms with Crippen molar-refractivity contribution in [2.45, 2.75) is 6.04 Å². The molecule has 0 atom stereocenters. The van der Waals surface area contributed by atoms with Crippen molar-refractivity contribution in [2.24, 2.45) is 5.73 Å². The van der Waals surface area contributed by atoms with Gasteiger partial charge in [-0.05, 0) is 12.1 Å². The van der Waals surface area contributed by atoms with Crippen molar-refractivity contribution in [3.8, 4) is 0 Å². The first-order valence-corrected chi connectivity index (χ1v) is 4.48. The average Bonchev–Trinajstić information content (AvgIpc) is 2.13. The Morgan fingerprint density at radius 3 is 2.64 bits per heavy atom. The number of hydrogen-bond acceptors (Lipinski definition) is 2. The summed E-state index contributed by atoms with van der Waals surface area (Å²) in [6.45, 7) is 1.04. The zero-order valence-corrected chi connectivity index (χ0v) is 7.61. The zero-order chi connectivity index (χ0) is 10.1. The highest BCUT2D eigenvalue weighted by atomic mass is 19.1. The van der Waals surface area contributed by atoms with Crippen LogP contribution in [0.5, 0.6) is 0 Å². The molecule has 14 heavy (non-hydrogen) atoms. The quantitative estimate of drug-likeness (QED) is 0.712. The summed E-state index contributed by atoms with van der Waals surface area (Å²) in [7, 11) is 0. The molecule has 1 heterocycles. The van der Waals surface area contributed by atoms with Gasteiger partial charge < -0.3 is 10.6 Å². The molecule has 0 saturated carbocycles. The summed E-state index contributed by atoms with van der Waals surface area (Å²) in [6, 6.07) is 6.03. The van der Waals surface area contributed by atoms with Gasteiger partial charge in [-0.2, -0.15) is 0 Å². The zero-order valence-electron chi connectivity index (χ0n) is 7.61. The van der Waals surface area contributed by atoms with Gasteiger partial charge >= 0.3 is 0 Å². The second-order valence-corrected chi connectivity index (χ2v) is 3.45. The van der Waals surface area contributed by atoms with E-state index in [2.05, 4.69) is 0 Å². The molecule has 1 aliphatic heterocycles. The van der Waals surface area contributed by atoms with E-state index in [0.29, 0.717) is 13.1 Å². The normalized spacial score (nSPS) is 16.6. The molecule has 1 saturated heterocycles. The molecule has 74 valence electrons. The summed E-state index contributed by atoms with van der Waals surface area (Å²) in [5.41, 5.74) is 5.66. The number of likely N-dealkylation sites (tertiary alicyclic amines) is 1. The first kappa shape index (κ1) is 9.15. The van der Waals surface area contributed by atoms with E-state index < -0.39 is 5.82 Å². The van der Waals surface area contributed by atoms with Gasteiger partial charge in [-0.25, -0.2) is 4.39 Å². The van der Waals surface area contributed by atoms with Gasteiger partial charge in [-0.15, -0.1) is 0 Å². The van der Waals surface area contributed by atoms with E-state index >= 15 is 0 Å². The van der Waals surface area contributed by atoms with E-state index in [-0.39, 0.29) is 17.5 Å². The Hall–Kier alpha value is -1.42. The Balaban J connectivity index is 2.16. The fraction of sp³-hybridized carbons (Fsp3) is 0.300. The Bertz CT molecular complexity index is 361. The Labute approximate surface area is 81.3 Å². The molecule has 0 radical (unpaired) electrons. The number of carbonyl (C=O) groups excluding carboxylic acids is 1. The standard InChI is InChI=1S/C10H11FN2O/c11-9-4-2-1-3-8(9)10(14)13-5-7(12)6-13/h1-4,7H,5-6,12H2. The van der Waals surface area contributed by atoms with E-state index in [1.165, 1.54) is 12.1 Å². The van der Waals surface area contributed by atoms with Crippen molar-refractivity contribution in [1.29, 1.82) is 0 Å². The van der Waals surface area contributed by atoms with Gasteiger partial charge in [0.15, 0.2) is 0 Å². The summed E-state index contributed by atoms with van der Waals surface area (Å²) >= 11 is 0. The number of carbonyl (C=O) groups is 1. The van der Waals surface area contributed by atoms with Gasteiger partial charge in [0.05, 0.1) is 5.56 Å². The number of hydrogen-bond donors (Lipinski definition) is 1. The largest absolute Gasteiger partial charge is 0.335 e. The Morgan fingerprint density at radius 2 is 2.07 bits per heavy atom. The molecule has 1 aromatic rings. The van der Waals surface area contributed by atoms with Gasteiger partial charge in [0.1, 0.15) is 5.82 Å². The van der Waals surface area contributed by atoms with E-state index in [4.69, 9.17) is 5.73 Å². The maximum absolute atomic E-state index is 13.2. The van der Waals surface area contributed by atoms with Gasteiger partial charge in [0.25, 0.3) is 5.91 Å². The lowest BCUT2D eigenvalue weighted by Gasteiger charge is -2.36. The minimum absolute atomic E-state index is 0.0470. The molecule has 0 aromatic heterocycles. The molecule has 1 amide bonds. The SMILES string of the molecule is NC1CN(C(=O)c2ccccc2F)C1. The van der Waals surface area contributed by atoms with E-state index in [1.54, 1.807) is 17.0 Å². The van der Waals surface area contributed by atoms with Crippen LogP contribution >= 0.6 is 0 Å². The lowest BCUT2D eigenvalue weighted by atomic mass is 10.1. The molecule has 1 aromatic carbocycles.